The molecule has 3 aliphatic heterocycles. The number of alkyl carbamates (subject to hydrolysis) is 1. The Morgan fingerprint density at radius 1 is 1.10 bits per heavy atom. The predicted molar refractivity (Wildman–Crippen MR) is 138 cm³/mol. The van der Waals surface area contributed by atoms with E-state index in [9.17, 15) is 14.4 Å². The normalized spacial score (nSPS) is 35.0. The first-order valence-electron chi connectivity index (χ1n) is 13.4. The molecule has 0 aliphatic carbocycles. The largest absolute Gasteiger partial charge is 0.509 e. The molecule has 40 heavy (non-hydrogen) atoms. The van der Waals surface area contributed by atoms with Crippen molar-refractivity contribution in [1.82, 2.24) is 5.32 Å². The van der Waals surface area contributed by atoms with Gasteiger partial charge in [0.05, 0.1) is 32.0 Å². The third kappa shape index (κ3) is 6.57. The van der Waals surface area contributed by atoms with Gasteiger partial charge in [0.15, 0.2) is 24.6 Å². The maximum Gasteiger partial charge on any atom is 0.509 e. The smallest absolute Gasteiger partial charge is 0.467 e. The number of hydrogen-bond donors (Lipinski definition) is 1. The van der Waals surface area contributed by atoms with Crippen LogP contribution in [0.2, 0.25) is 0 Å². The number of benzene rings is 1. The van der Waals surface area contributed by atoms with E-state index < -0.39 is 73.1 Å². The van der Waals surface area contributed by atoms with Gasteiger partial charge in [-0.3, -0.25) is 0 Å². The zero-order chi connectivity index (χ0) is 28.8. The Morgan fingerprint density at radius 2 is 1.85 bits per heavy atom. The Labute approximate surface area is 233 Å². The summed E-state index contributed by atoms with van der Waals surface area (Å²) in [7, 11) is 1.25. The highest BCUT2D eigenvalue weighted by molar-refractivity contribution is 5.75. The van der Waals surface area contributed by atoms with Gasteiger partial charge in [0, 0.05) is 5.92 Å². The molecule has 0 bridgehead atoms. The third-order valence-corrected chi connectivity index (χ3v) is 7.30. The molecule has 1 aromatic carbocycles. The maximum atomic E-state index is 12.8. The topological polar surface area (TPSA) is 137 Å². The van der Waals surface area contributed by atoms with Crippen LogP contribution in [0.15, 0.2) is 43.0 Å². The van der Waals surface area contributed by atoms with E-state index >= 15 is 0 Å². The number of carbonyl (C=O) groups excluding carboxylic acids is 3. The van der Waals surface area contributed by atoms with Gasteiger partial charge in [-0.25, -0.2) is 14.4 Å². The minimum absolute atomic E-state index is 0.0779. The molecule has 0 spiro atoms. The number of rotatable bonds is 10. The summed E-state index contributed by atoms with van der Waals surface area (Å²) in [6.45, 7) is 9.10. The molecule has 0 radical (unpaired) electrons. The second-order valence-corrected chi connectivity index (χ2v) is 9.93. The Balaban J connectivity index is 1.66. The van der Waals surface area contributed by atoms with Crippen molar-refractivity contribution in [3.8, 4) is 0 Å². The predicted octanol–water partition coefficient (Wildman–Crippen LogP) is 2.87. The number of carbonyl (C=O) groups is 3. The minimum Gasteiger partial charge on any atom is -0.467 e. The fraction of sp³-hybridized carbons (Fsp3) is 0.607. The monoisotopic (exact) mass is 563 g/mol. The standard InChI is InChI=1S/C28H37NO11/c1-6-13-34-28(32)40-24-20(35-14-17-11-9-8-10-12-17)15(3)21(25(30)33-5)37-26(24)38-22-18(7-2)36-16(4)19-23(22)39-27(31)29-19/h6,8-12,15-16,18-24,26H,1,7,13-14H2,2-5H3,(H,29,31)/t15-,16+,18?,19+,20+,21?,22+,23?,24?,26+/m1/s1. The molecule has 3 aliphatic rings. The van der Waals surface area contributed by atoms with Crippen molar-refractivity contribution in [3.05, 3.63) is 48.6 Å². The van der Waals surface area contributed by atoms with E-state index in [1.807, 2.05) is 44.2 Å². The molecule has 4 unspecified atom stereocenters. The summed E-state index contributed by atoms with van der Waals surface area (Å²) in [4.78, 5) is 37.6. The van der Waals surface area contributed by atoms with Crippen LogP contribution in [0.1, 0.15) is 32.8 Å². The second-order valence-electron chi connectivity index (χ2n) is 9.93. The Morgan fingerprint density at radius 3 is 2.52 bits per heavy atom. The first-order valence-corrected chi connectivity index (χ1v) is 13.4. The average molecular weight is 564 g/mol. The molecule has 0 saturated carbocycles. The van der Waals surface area contributed by atoms with E-state index in [0.29, 0.717) is 6.42 Å². The molecule has 10 atom stereocenters. The Kier molecular flexibility index (Phi) is 10.0. The van der Waals surface area contributed by atoms with Crippen molar-refractivity contribution in [2.24, 2.45) is 5.92 Å². The fourth-order valence-electron chi connectivity index (χ4n) is 5.28. The van der Waals surface area contributed by atoms with Crippen molar-refractivity contribution >= 4 is 18.2 Å². The van der Waals surface area contributed by atoms with Gasteiger partial charge in [-0.15, -0.1) is 0 Å². The molecule has 220 valence electrons. The first-order chi connectivity index (χ1) is 19.3. The summed E-state index contributed by atoms with van der Waals surface area (Å²) < 4.78 is 46.2. The lowest BCUT2D eigenvalue weighted by molar-refractivity contribution is -0.323. The van der Waals surface area contributed by atoms with Gasteiger partial charge in [-0.05, 0) is 18.9 Å². The van der Waals surface area contributed by atoms with Crippen LogP contribution in [-0.4, -0.2) is 87.0 Å². The molecule has 12 nitrogen and oxygen atoms in total. The van der Waals surface area contributed by atoms with E-state index in [0.717, 1.165) is 5.56 Å². The van der Waals surface area contributed by atoms with Crippen molar-refractivity contribution in [1.29, 1.82) is 0 Å². The van der Waals surface area contributed by atoms with Crippen molar-refractivity contribution in [3.63, 3.8) is 0 Å². The van der Waals surface area contributed by atoms with Crippen molar-refractivity contribution < 1.29 is 52.3 Å². The third-order valence-electron chi connectivity index (χ3n) is 7.30. The highest BCUT2D eigenvalue weighted by Crippen LogP contribution is 2.37. The fourth-order valence-corrected chi connectivity index (χ4v) is 5.28. The first kappa shape index (κ1) is 29.8. The SMILES string of the molecule is C=CCOC(=O)OC1[C@H](O[C@H]2C(CC)O[C@@H](C)[C@@H]3NC(=O)OC23)OC(C(=O)OC)[C@H](C)[C@@H]1OCc1ccccc1. The number of nitrogens with one attached hydrogen (secondary N) is 1. The van der Waals surface area contributed by atoms with Crippen LogP contribution in [0, 0.1) is 5.92 Å². The Hall–Kier alpha value is -3.19. The number of fused-ring (bicyclic) bond motifs is 1. The molecule has 3 heterocycles. The van der Waals surface area contributed by atoms with Crippen LogP contribution in [0.3, 0.4) is 0 Å². The molecule has 1 amide bonds. The lowest BCUT2D eigenvalue weighted by Crippen LogP contribution is -2.64. The molecule has 1 N–H and O–H groups in total. The summed E-state index contributed by atoms with van der Waals surface area (Å²) in [6, 6.07) is 8.93. The van der Waals surface area contributed by atoms with E-state index in [4.69, 9.17) is 37.9 Å². The molecule has 3 saturated heterocycles. The lowest BCUT2D eigenvalue weighted by atomic mass is 9.89. The highest BCUT2D eigenvalue weighted by atomic mass is 16.8. The second kappa shape index (κ2) is 13.4. The molecule has 12 heteroatoms. The van der Waals surface area contributed by atoms with Gasteiger partial charge in [-0.1, -0.05) is 56.8 Å². The van der Waals surface area contributed by atoms with Crippen LogP contribution in [-0.2, 0) is 49.3 Å². The van der Waals surface area contributed by atoms with Gasteiger partial charge in [0.25, 0.3) is 0 Å². The zero-order valence-corrected chi connectivity index (χ0v) is 23.1. The quantitative estimate of drug-likeness (QED) is 0.256. The summed E-state index contributed by atoms with van der Waals surface area (Å²) in [5.74, 6) is -1.26. The van der Waals surface area contributed by atoms with Crippen LogP contribution in [0.25, 0.3) is 0 Å². The average Bonchev–Trinajstić information content (AvgIpc) is 3.36. The number of ether oxygens (including phenoxy) is 8. The van der Waals surface area contributed by atoms with Crippen LogP contribution < -0.4 is 5.32 Å². The van der Waals surface area contributed by atoms with E-state index in [2.05, 4.69) is 11.9 Å². The summed E-state index contributed by atoms with van der Waals surface area (Å²) in [5, 5.41) is 2.75. The van der Waals surface area contributed by atoms with Gasteiger partial charge < -0.3 is 43.2 Å². The maximum absolute atomic E-state index is 12.8. The molecule has 1 aromatic rings. The van der Waals surface area contributed by atoms with Gasteiger partial charge in [-0.2, -0.15) is 0 Å². The van der Waals surface area contributed by atoms with Crippen molar-refractivity contribution in [2.75, 3.05) is 13.7 Å². The van der Waals surface area contributed by atoms with Gasteiger partial charge in [0.2, 0.25) is 0 Å². The van der Waals surface area contributed by atoms with Crippen LogP contribution in [0.4, 0.5) is 9.59 Å². The number of hydrogen-bond acceptors (Lipinski definition) is 11. The molecule has 3 fully saturated rings. The van der Waals surface area contributed by atoms with Crippen LogP contribution in [0.5, 0.6) is 0 Å². The minimum atomic E-state index is -1.33. The van der Waals surface area contributed by atoms with Crippen molar-refractivity contribution in [2.45, 2.75) is 88.9 Å². The molecular weight excluding hydrogens is 526 g/mol. The van der Waals surface area contributed by atoms with E-state index in [1.54, 1.807) is 6.92 Å². The number of methoxy groups -OCH3 is 1. The Bertz CT molecular complexity index is 1040. The van der Waals surface area contributed by atoms with Gasteiger partial charge in [0.1, 0.15) is 18.8 Å². The zero-order valence-electron chi connectivity index (χ0n) is 23.1. The van der Waals surface area contributed by atoms with Gasteiger partial charge >= 0.3 is 18.2 Å². The summed E-state index contributed by atoms with van der Waals surface area (Å²) in [5.41, 5.74) is 0.869. The van der Waals surface area contributed by atoms with E-state index in [1.165, 1.54) is 13.2 Å². The molecular formula is C28H37NO11. The summed E-state index contributed by atoms with van der Waals surface area (Å²) >= 11 is 0. The molecule has 4 rings (SSSR count). The highest BCUT2D eigenvalue weighted by Gasteiger charge is 2.56. The number of amides is 1. The summed E-state index contributed by atoms with van der Waals surface area (Å²) in [6.07, 6.45) is -6.47. The lowest BCUT2D eigenvalue weighted by Gasteiger charge is -2.47. The van der Waals surface area contributed by atoms with E-state index in [-0.39, 0.29) is 19.3 Å². The number of esters is 1. The molecule has 0 aromatic heterocycles. The van der Waals surface area contributed by atoms with Crippen LogP contribution >= 0.6 is 0 Å².